The lowest BCUT2D eigenvalue weighted by molar-refractivity contribution is 0.0580. The Bertz CT molecular complexity index is 1030. The number of amides is 1. The van der Waals surface area contributed by atoms with Crippen LogP contribution in [0.5, 0.6) is 5.75 Å². The molecule has 1 aliphatic heterocycles. The van der Waals surface area contributed by atoms with E-state index in [1.807, 2.05) is 74.5 Å². The number of carbonyl (C=O) groups excluding carboxylic acids is 1. The summed E-state index contributed by atoms with van der Waals surface area (Å²) in [5.41, 5.74) is 2.29. The third-order valence-electron chi connectivity index (χ3n) is 4.86. The number of ether oxygens (including phenoxy) is 1. The molecule has 0 aliphatic carbocycles. The van der Waals surface area contributed by atoms with E-state index < -0.39 is 5.54 Å². The summed E-state index contributed by atoms with van der Waals surface area (Å²) in [5, 5.41) is 6.15. The van der Waals surface area contributed by atoms with Crippen molar-refractivity contribution in [3.8, 4) is 17.1 Å². The molecule has 142 valence electrons. The van der Waals surface area contributed by atoms with Crippen molar-refractivity contribution in [3.63, 3.8) is 0 Å². The van der Waals surface area contributed by atoms with Gasteiger partial charge in [0.15, 0.2) is 5.76 Å². The number of hydrogen-bond acceptors (Lipinski definition) is 4. The molecule has 0 N–H and O–H groups in total. The third kappa shape index (κ3) is 3.31. The Hall–Kier alpha value is -3.34. The molecule has 28 heavy (non-hydrogen) atoms. The fourth-order valence-corrected chi connectivity index (χ4v) is 3.37. The van der Waals surface area contributed by atoms with E-state index in [1.165, 1.54) is 5.01 Å². The SMILES string of the molecule is COc1cccc(C2=NN(C(=O)c3ccc(-c4ccccc4)o3)C(C)(C)C2)c1. The minimum atomic E-state index is -0.449. The van der Waals surface area contributed by atoms with Crippen molar-refractivity contribution in [2.75, 3.05) is 7.11 Å². The first kappa shape index (κ1) is 18.0. The maximum atomic E-state index is 13.1. The number of benzene rings is 2. The van der Waals surface area contributed by atoms with Crippen molar-refractivity contribution in [1.82, 2.24) is 5.01 Å². The van der Waals surface area contributed by atoms with Crippen LogP contribution in [-0.2, 0) is 0 Å². The van der Waals surface area contributed by atoms with Gasteiger partial charge in [-0.25, -0.2) is 5.01 Å². The monoisotopic (exact) mass is 374 g/mol. The second-order valence-electron chi connectivity index (χ2n) is 7.41. The van der Waals surface area contributed by atoms with Gasteiger partial charge < -0.3 is 9.15 Å². The molecule has 0 atom stereocenters. The molecular weight excluding hydrogens is 352 g/mol. The molecule has 1 aromatic heterocycles. The van der Waals surface area contributed by atoms with Crippen LogP contribution in [0.15, 0.2) is 76.2 Å². The highest BCUT2D eigenvalue weighted by Gasteiger charge is 2.40. The van der Waals surface area contributed by atoms with Crippen molar-refractivity contribution >= 4 is 11.6 Å². The first-order valence-corrected chi connectivity index (χ1v) is 9.20. The van der Waals surface area contributed by atoms with E-state index in [9.17, 15) is 4.79 Å². The Morgan fingerprint density at radius 3 is 2.54 bits per heavy atom. The smallest absolute Gasteiger partial charge is 0.310 e. The van der Waals surface area contributed by atoms with Crippen LogP contribution in [-0.4, -0.2) is 29.3 Å². The molecule has 5 nitrogen and oxygen atoms in total. The van der Waals surface area contributed by atoms with Crippen LogP contribution in [0.25, 0.3) is 11.3 Å². The molecule has 0 fully saturated rings. The number of nitrogens with zero attached hydrogens (tertiary/aromatic N) is 2. The highest BCUT2D eigenvalue weighted by molar-refractivity contribution is 6.05. The van der Waals surface area contributed by atoms with Gasteiger partial charge in [0.05, 0.1) is 18.4 Å². The van der Waals surface area contributed by atoms with E-state index in [1.54, 1.807) is 13.2 Å². The normalized spacial score (nSPS) is 15.4. The summed E-state index contributed by atoms with van der Waals surface area (Å²) in [5.74, 6) is 1.46. The van der Waals surface area contributed by atoms with Crippen molar-refractivity contribution in [3.05, 3.63) is 78.1 Å². The predicted octanol–water partition coefficient (Wildman–Crippen LogP) is 4.98. The molecule has 1 aliphatic rings. The van der Waals surface area contributed by atoms with Crippen molar-refractivity contribution in [1.29, 1.82) is 0 Å². The summed E-state index contributed by atoms with van der Waals surface area (Å²) in [6.45, 7) is 4.01. The fourth-order valence-electron chi connectivity index (χ4n) is 3.37. The van der Waals surface area contributed by atoms with Crippen LogP contribution in [0, 0.1) is 0 Å². The number of methoxy groups -OCH3 is 1. The van der Waals surface area contributed by atoms with Crippen LogP contribution < -0.4 is 4.74 Å². The third-order valence-corrected chi connectivity index (χ3v) is 4.86. The Balaban J connectivity index is 1.63. The lowest BCUT2D eigenvalue weighted by Gasteiger charge is -2.27. The van der Waals surface area contributed by atoms with Gasteiger partial charge in [-0.05, 0) is 38.1 Å². The Morgan fingerprint density at radius 2 is 1.79 bits per heavy atom. The maximum absolute atomic E-state index is 13.1. The summed E-state index contributed by atoms with van der Waals surface area (Å²) in [6.07, 6.45) is 0.651. The quantitative estimate of drug-likeness (QED) is 0.647. The molecular formula is C23H22N2O3. The van der Waals surface area contributed by atoms with Gasteiger partial charge in [0.2, 0.25) is 0 Å². The molecule has 0 radical (unpaired) electrons. The van der Waals surface area contributed by atoms with Crippen molar-refractivity contribution < 1.29 is 13.9 Å². The molecule has 2 heterocycles. The van der Waals surface area contributed by atoms with Crippen LogP contribution in [0.3, 0.4) is 0 Å². The van der Waals surface area contributed by atoms with Gasteiger partial charge in [-0.3, -0.25) is 4.79 Å². The number of furan rings is 1. The van der Waals surface area contributed by atoms with Gasteiger partial charge in [-0.1, -0.05) is 42.5 Å². The summed E-state index contributed by atoms with van der Waals surface area (Å²) < 4.78 is 11.1. The highest BCUT2D eigenvalue weighted by Crippen LogP contribution is 2.32. The topological polar surface area (TPSA) is 55.0 Å². The molecule has 4 rings (SSSR count). The lowest BCUT2D eigenvalue weighted by atomic mass is 9.95. The van der Waals surface area contributed by atoms with Crippen LogP contribution in [0.2, 0.25) is 0 Å². The van der Waals surface area contributed by atoms with Gasteiger partial charge in [-0.2, -0.15) is 5.10 Å². The summed E-state index contributed by atoms with van der Waals surface area (Å²) in [6, 6.07) is 21.0. The predicted molar refractivity (Wildman–Crippen MR) is 109 cm³/mol. The first-order chi connectivity index (χ1) is 13.5. The minimum Gasteiger partial charge on any atom is -0.497 e. The minimum absolute atomic E-state index is 0.245. The zero-order chi connectivity index (χ0) is 19.7. The second-order valence-corrected chi connectivity index (χ2v) is 7.41. The van der Waals surface area contributed by atoms with E-state index >= 15 is 0 Å². The first-order valence-electron chi connectivity index (χ1n) is 9.20. The second kappa shape index (κ2) is 7.00. The molecule has 0 bridgehead atoms. The van der Waals surface area contributed by atoms with E-state index in [0.29, 0.717) is 12.2 Å². The van der Waals surface area contributed by atoms with Crippen molar-refractivity contribution in [2.24, 2.45) is 5.10 Å². The van der Waals surface area contributed by atoms with Gasteiger partial charge in [0, 0.05) is 17.5 Å². The Morgan fingerprint density at radius 1 is 1.04 bits per heavy atom. The van der Waals surface area contributed by atoms with Gasteiger partial charge in [0.1, 0.15) is 11.5 Å². The lowest BCUT2D eigenvalue weighted by Crippen LogP contribution is -2.40. The number of hydrogen-bond donors (Lipinski definition) is 0. The van der Waals surface area contributed by atoms with Crippen molar-refractivity contribution in [2.45, 2.75) is 25.8 Å². The van der Waals surface area contributed by atoms with E-state index in [-0.39, 0.29) is 11.7 Å². The van der Waals surface area contributed by atoms with Crippen LogP contribution in [0.1, 0.15) is 36.4 Å². The summed E-state index contributed by atoms with van der Waals surface area (Å²) in [4.78, 5) is 13.1. The molecule has 2 aromatic carbocycles. The molecule has 0 unspecified atom stereocenters. The Labute approximate surface area is 164 Å². The number of carbonyl (C=O) groups is 1. The zero-order valence-corrected chi connectivity index (χ0v) is 16.2. The summed E-state index contributed by atoms with van der Waals surface area (Å²) >= 11 is 0. The average Bonchev–Trinajstić information content (AvgIpc) is 3.33. The van der Waals surface area contributed by atoms with Gasteiger partial charge >= 0.3 is 5.91 Å². The largest absolute Gasteiger partial charge is 0.497 e. The summed E-state index contributed by atoms with van der Waals surface area (Å²) in [7, 11) is 1.64. The molecule has 0 saturated carbocycles. The number of rotatable bonds is 4. The maximum Gasteiger partial charge on any atom is 0.310 e. The van der Waals surface area contributed by atoms with Crippen LogP contribution >= 0.6 is 0 Å². The number of hydrazone groups is 1. The fraction of sp³-hybridized carbons (Fsp3) is 0.217. The molecule has 0 spiro atoms. The average molecular weight is 374 g/mol. The molecule has 5 heteroatoms. The van der Waals surface area contributed by atoms with Gasteiger partial charge in [-0.15, -0.1) is 0 Å². The van der Waals surface area contributed by atoms with Crippen LogP contribution in [0.4, 0.5) is 0 Å². The van der Waals surface area contributed by atoms with E-state index in [0.717, 1.165) is 22.6 Å². The van der Waals surface area contributed by atoms with E-state index in [4.69, 9.17) is 9.15 Å². The molecule has 0 saturated heterocycles. The molecule has 3 aromatic rings. The van der Waals surface area contributed by atoms with Gasteiger partial charge in [0.25, 0.3) is 0 Å². The standard InChI is InChI=1S/C23H22N2O3/c1-23(2)15-19(17-10-7-11-18(14-17)27-3)24-25(23)22(26)21-13-12-20(28-21)16-8-5-4-6-9-16/h4-14H,15H2,1-3H3. The van der Waals surface area contributed by atoms with E-state index in [2.05, 4.69) is 5.10 Å². The molecule has 1 amide bonds. The highest BCUT2D eigenvalue weighted by atomic mass is 16.5. The zero-order valence-electron chi connectivity index (χ0n) is 16.2. The Kier molecular flexibility index (Phi) is 4.51.